The Hall–Kier alpha value is -1.12. The maximum absolute atomic E-state index is 5.99. The van der Waals surface area contributed by atoms with Crippen molar-refractivity contribution in [2.75, 3.05) is 6.54 Å². The zero-order valence-corrected chi connectivity index (χ0v) is 13.8. The summed E-state index contributed by atoms with van der Waals surface area (Å²) < 4.78 is 0. The van der Waals surface area contributed by atoms with Crippen LogP contribution in [0.1, 0.15) is 51.0 Å². The van der Waals surface area contributed by atoms with Crippen LogP contribution in [0.5, 0.6) is 0 Å². The third-order valence-corrected chi connectivity index (χ3v) is 5.39. The highest BCUT2D eigenvalue weighted by Crippen LogP contribution is 2.40. The van der Waals surface area contributed by atoms with Crippen molar-refractivity contribution in [3.05, 3.63) is 41.5 Å². The van der Waals surface area contributed by atoms with Crippen LogP contribution in [0.25, 0.3) is 6.08 Å². The van der Waals surface area contributed by atoms with Crippen LogP contribution >= 0.6 is 0 Å². The minimum Gasteiger partial charge on any atom is -0.328 e. The van der Waals surface area contributed by atoms with Gasteiger partial charge in [-0.25, -0.2) is 0 Å². The summed E-state index contributed by atoms with van der Waals surface area (Å²) in [5.74, 6) is 1.61. The van der Waals surface area contributed by atoms with Crippen LogP contribution in [0.15, 0.2) is 35.9 Å². The van der Waals surface area contributed by atoms with Crippen LogP contribution in [-0.4, -0.2) is 18.6 Å². The van der Waals surface area contributed by atoms with Crippen LogP contribution in [0.3, 0.4) is 0 Å². The first-order valence-electron chi connectivity index (χ1n) is 9.00. The van der Waals surface area contributed by atoms with Crippen molar-refractivity contribution in [1.82, 2.24) is 5.32 Å². The molecule has 2 saturated carbocycles. The summed E-state index contributed by atoms with van der Waals surface area (Å²) in [6.45, 7) is 3.48. The van der Waals surface area contributed by atoms with Gasteiger partial charge in [-0.05, 0) is 62.5 Å². The van der Waals surface area contributed by atoms with Crippen molar-refractivity contribution in [3.8, 4) is 0 Å². The molecule has 0 aliphatic heterocycles. The molecule has 3 N–H and O–H groups in total. The summed E-state index contributed by atoms with van der Waals surface area (Å²) in [6.07, 6.45) is 9.93. The van der Waals surface area contributed by atoms with Gasteiger partial charge in [-0.3, -0.25) is 0 Å². The van der Waals surface area contributed by atoms with E-state index in [1.807, 2.05) is 0 Å². The molecule has 0 heterocycles. The van der Waals surface area contributed by atoms with Crippen molar-refractivity contribution in [3.63, 3.8) is 0 Å². The molecule has 0 unspecified atom stereocenters. The maximum Gasteiger partial charge on any atom is 0.0140 e. The minimum atomic E-state index is 0.463. The molecule has 2 nitrogen and oxygen atoms in total. The second-order valence-electron chi connectivity index (χ2n) is 7.12. The predicted molar refractivity (Wildman–Crippen MR) is 94.5 cm³/mol. The smallest absolute Gasteiger partial charge is 0.0140 e. The second kappa shape index (κ2) is 7.43. The summed E-state index contributed by atoms with van der Waals surface area (Å²) in [5, 5.41) is 3.81. The SMILES string of the molecule is CCC(=Cc1ccccc1)[C@@H]1C[C@H]1NCC1CCC(N)CC1. The van der Waals surface area contributed by atoms with Crippen LogP contribution in [0.4, 0.5) is 0 Å². The van der Waals surface area contributed by atoms with E-state index in [0.29, 0.717) is 12.1 Å². The molecule has 2 aliphatic rings. The van der Waals surface area contributed by atoms with Gasteiger partial charge in [0.1, 0.15) is 0 Å². The number of hydrogen-bond donors (Lipinski definition) is 2. The first-order chi connectivity index (χ1) is 10.8. The van der Waals surface area contributed by atoms with E-state index in [4.69, 9.17) is 5.73 Å². The molecule has 0 spiro atoms. The fourth-order valence-electron chi connectivity index (χ4n) is 3.78. The average Bonchev–Trinajstić information content (AvgIpc) is 3.32. The first-order valence-corrected chi connectivity index (χ1v) is 9.00. The Morgan fingerprint density at radius 2 is 1.91 bits per heavy atom. The topological polar surface area (TPSA) is 38.0 Å². The summed E-state index contributed by atoms with van der Waals surface area (Å²) >= 11 is 0. The number of rotatable bonds is 6. The Labute approximate surface area is 135 Å². The van der Waals surface area contributed by atoms with E-state index < -0.39 is 0 Å². The van der Waals surface area contributed by atoms with E-state index in [2.05, 4.69) is 48.6 Å². The molecule has 0 amide bonds. The highest BCUT2D eigenvalue weighted by atomic mass is 15.0. The lowest BCUT2D eigenvalue weighted by atomic mass is 9.86. The number of hydrogen-bond acceptors (Lipinski definition) is 2. The summed E-state index contributed by atoms with van der Waals surface area (Å²) in [6, 6.07) is 11.9. The molecular formula is C20H30N2. The first kappa shape index (κ1) is 15.8. The van der Waals surface area contributed by atoms with E-state index in [-0.39, 0.29) is 0 Å². The molecule has 2 heteroatoms. The van der Waals surface area contributed by atoms with Crippen LogP contribution in [0.2, 0.25) is 0 Å². The number of benzene rings is 1. The Morgan fingerprint density at radius 1 is 1.18 bits per heavy atom. The lowest BCUT2D eigenvalue weighted by Gasteiger charge is -2.26. The molecule has 2 fully saturated rings. The summed E-state index contributed by atoms with van der Waals surface area (Å²) in [4.78, 5) is 0. The molecule has 2 atom stereocenters. The lowest BCUT2D eigenvalue weighted by Crippen LogP contribution is -2.32. The Bertz CT molecular complexity index is 486. The highest BCUT2D eigenvalue weighted by Gasteiger charge is 2.39. The van der Waals surface area contributed by atoms with Gasteiger partial charge in [0.15, 0.2) is 0 Å². The molecular weight excluding hydrogens is 268 g/mol. The molecule has 0 radical (unpaired) electrons. The van der Waals surface area contributed by atoms with Crippen molar-refractivity contribution in [2.24, 2.45) is 17.6 Å². The van der Waals surface area contributed by atoms with E-state index in [0.717, 1.165) is 18.3 Å². The molecule has 1 aromatic rings. The zero-order valence-electron chi connectivity index (χ0n) is 13.8. The van der Waals surface area contributed by atoms with Gasteiger partial charge >= 0.3 is 0 Å². The molecule has 2 aliphatic carbocycles. The zero-order chi connectivity index (χ0) is 15.4. The molecule has 0 bridgehead atoms. The predicted octanol–water partition coefficient (Wildman–Crippen LogP) is 3.98. The fraction of sp³-hybridized carbons (Fsp3) is 0.600. The molecule has 3 rings (SSSR count). The van der Waals surface area contributed by atoms with Crippen molar-refractivity contribution in [2.45, 2.75) is 57.5 Å². The van der Waals surface area contributed by atoms with Gasteiger partial charge in [-0.2, -0.15) is 0 Å². The van der Waals surface area contributed by atoms with Crippen LogP contribution in [0, 0.1) is 11.8 Å². The van der Waals surface area contributed by atoms with Crippen LogP contribution in [-0.2, 0) is 0 Å². The van der Waals surface area contributed by atoms with Gasteiger partial charge in [0.2, 0.25) is 0 Å². The number of nitrogens with two attached hydrogens (primary N) is 1. The van der Waals surface area contributed by atoms with Gasteiger partial charge < -0.3 is 11.1 Å². The lowest BCUT2D eigenvalue weighted by molar-refractivity contribution is 0.313. The van der Waals surface area contributed by atoms with E-state index in [1.165, 1.54) is 44.2 Å². The number of nitrogens with one attached hydrogen (secondary N) is 1. The normalized spacial score (nSPS) is 32.0. The van der Waals surface area contributed by atoms with E-state index in [9.17, 15) is 0 Å². The fourth-order valence-corrected chi connectivity index (χ4v) is 3.78. The van der Waals surface area contributed by atoms with E-state index >= 15 is 0 Å². The highest BCUT2D eigenvalue weighted by molar-refractivity contribution is 5.54. The Kier molecular flexibility index (Phi) is 5.32. The second-order valence-corrected chi connectivity index (χ2v) is 7.12. The van der Waals surface area contributed by atoms with Gasteiger partial charge in [-0.15, -0.1) is 0 Å². The van der Waals surface area contributed by atoms with Crippen LogP contribution < -0.4 is 11.1 Å². The molecule has 1 aromatic carbocycles. The monoisotopic (exact) mass is 298 g/mol. The van der Waals surface area contributed by atoms with Crippen molar-refractivity contribution >= 4 is 6.08 Å². The summed E-state index contributed by atoms with van der Waals surface area (Å²) in [7, 11) is 0. The van der Waals surface area contributed by atoms with Crippen molar-refractivity contribution < 1.29 is 0 Å². The van der Waals surface area contributed by atoms with E-state index in [1.54, 1.807) is 5.57 Å². The third kappa shape index (κ3) is 4.21. The average molecular weight is 298 g/mol. The maximum atomic E-state index is 5.99. The molecule has 0 saturated heterocycles. The summed E-state index contributed by atoms with van der Waals surface area (Å²) in [5.41, 5.74) is 8.94. The van der Waals surface area contributed by atoms with Crippen molar-refractivity contribution in [1.29, 1.82) is 0 Å². The van der Waals surface area contributed by atoms with Gasteiger partial charge in [0.25, 0.3) is 0 Å². The van der Waals surface area contributed by atoms with Gasteiger partial charge in [0, 0.05) is 12.1 Å². The Balaban J connectivity index is 1.47. The minimum absolute atomic E-state index is 0.463. The standard InChI is InChI=1S/C20H30N2/c1-2-17(12-15-6-4-3-5-7-15)19-13-20(19)22-14-16-8-10-18(21)11-9-16/h3-7,12,16,18-20,22H,2,8-11,13-14,21H2,1H3/t16?,18?,19-,20+/m0/s1. The largest absolute Gasteiger partial charge is 0.328 e. The van der Waals surface area contributed by atoms with Gasteiger partial charge in [0.05, 0.1) is 0 Å². The Morgan fingerprint density at radius 3 is 2.59 bits per heavy atom. The third-order valence-electron chi connectivity index (χ3n) is 5.39. The molecule has 22 heavy (non-hydrogen) atoms. The van der Waals surface area contributed by atoms with Gasteiger partial charge in [-0.1, -0.05) is 48.9 Å². The quantitative estimate of drug-likeness (QED) is 0.834. The molecule has 120 valence electrons. The molecule has 0 aromatic heterocycles.